The van der Waals surface area contributed by atoms with Crippen molar-refractivity contribution < 1.29 is 5.11 Å². The highest BCUT2D eigenvalue weighted by Gasteiger charge is 2.35. The summed E-state index contributed by atoms with van der Waals surface area (Å²) < 4.78 is 0. The molecule has 12 heavy (non-hydrogen) atoms. The Kier molecular flexibility index (Phi) is 3.13. The molecule has 2 N–H and O–H groups in total. The molecule has 1 aliphatic carbocycles. The third kappa shape index (κ3) is 2.46. The zero-order chi connectivity index (χ0) is 9.19. The quantitative estimate of drug-likeness (QED) is 0.672. The molecule has 0 spiro atoms. The largest absolute Gasteiger partial charge is 0.395 e. The first-order valence-corrected chi connectivity index (χ1v) is 4.89. The first-order valence-electron chi connectivity index (χ1n) is 4.89. The van der Waals surface area contributed by atoms with E-state index in [0.29, 0.717) is 11.5 Å². The highest BCUT2D eigenvalue weighted by molar-refractivity contribution is 4.90. The average Bonchev–Trinajstić information content (AvgIpc) is 2.20. The SMILES string of the molecule is CC1CC(C)(C)CC1NCCO. The van der Waals surface area contributed by atoms with Crippen molar-refractivity contribution in [3.63, 3.8) is 0 Å². The molecule has 1 aliphatic rings. The standard InChI is InChI=1S/C10H21NO/c1-8-6-10(2,3)7-9(8)11-4-5-12/h8-9,11-12H,4-7H2,1-3H3. The molecule has 2 nitrogen and oxygen atoms in total. The van der Waals surface area contributed by atoms with Crippen LogP contribution in [-0.2, 0) is 0 Å². The van der Waals surface area contributed by atoms with Crippen LogP contribution in [0, 0.1) is 11.3 Å². The zero-order valence-electron chi connectivity index (χ0n) is 8.43. The van der Waals surface area contributed by atoms with Crippen LogP contribution >= 0.6 is 0 Å². The molecule has 1 saturated carbocycles. The van der Waals surface area contributed by atoms with Crippen LogP contribution < -0.4 is 5.32 Å². The van der Waals surface area contributed by atoms with Gasteiger partial charge in [0.05, 0.1) is 6.61 Å². The molecular weight excluding hydrogens is 150 g/mol. The smallest absolute Gasteiger partial charge is 0.0556 e. The van der Waals surface area contributed by atoms with Crippen LogP contribution in [0.2, 0.25) is 0 Å². The van der Waals surface area contributed by atoms with Gasteiger partial charge in [0, 0.05) is 12.6 Å². The first-order chi connectivity index (χ1) is 5.55. The van der Waals surface area contributed by atoms with Crippen LogP contribution in [-0.4, -0.2) is 24.3 Å². The van der Waals surface area contributed by atoms with E-state index in [0.717, 1.165) is 12.5 Å². The number of nitrogens with one attached hydrogen (secondary N) is 1. The molecule has 0 bridgehead atoms. The first kappa shape index (κ1) is 10.0. The van der Waals surface area contributed by atoms with Gasteiger partial charge in [0.1, 0.15) is 0 Å². The Labute approximate surface area is 75.4 Å². The van der Waals surface area contributed by atoms with Crippen LogP contribution in [0.3, 0.4) is 0 Å². The Morgan fingerprint density at radius 2 is 2.08 bits per heavy atom. The fourth-order valence-corrected chi connectivity index (χ4v) is 2.42. The van der Waals surface area contributed by atoms with Crippen LogP contribution in [0.25, 0.3) is 0 Å². The van der Waals surface area contributed by atoms with Gasteiger partial charge in [0.15, 0.2) is 0 Å². The number of aliphatic hydroxyl groups excluding tert-OH is 1. The van der Waals surface area contributed by atoms with Crippen molar-refractivity contribution in [2.24, 2.45) is 11.3 Å². The van der Waals surface area contributed by atoms with Crippen LogP contribution in [0.1, 0.15) is 33.6 Å². The summed E-state index contributed by atoms with van der Waals surface area (Å²) >= 11 is 0. The Morgan fingerprint density at radius 3 is 2.50 bits per heavy atom. The summed E-state index contributed by atoms with van der Waals surface area (Å²) in [6, 6.07) is 0.618. The molecule has 2 unspecified atom stereocenters. The van der Waals surface area contributed by atoms with Crippen molar-refractivity contribution in [3.8, 4) is 0 Å². The van der Waals surface area contributed by atoms with E-state index in [2.05, 4.69) is 26.1 Å². The molecule has 2 heteroatoms. The van der Waals surface area contributed by atoms with E-state index in [9.17, 15) is 0 Å². The van der Waals surface area contributed by atoms with Crippen molar-refractivity contribution >= 4 is 0 Å². The lowest BCUT2D eigenvalue weighted by Crippen LogP contribution is -2.33. The van der Waals surface area contributed by atoms with E-state index in [1.165, 1.54) is 12.8 Å². The minimum absolute atomic E-state index is 0.254. The van der Waals surface area contributed by atoms with Gasteiger partial charge >= 0.3 is 0 Å². The van der Waals surface area contributed by atoms with Crippen molar-refractivity contribution in [3.05, 3.63) is 0 Å². The van der Waals surface area contributed by atoms with E-state index in [-0.39, 0.29) is 6.61 Å². The van der Waals surface area contributed by atoms with Crippen molar-refractivity contribution in [1.82, 2.24) is 5.32 Å². The Bertz CT molecular complexity index is 145. The predicted molar refractivity (Wildman–Crippen MR) is 51.1 cm³/mol. The maximum absolute atomic E-state index is 8.68. The number of hydrogen-bond acceptors (Lipinski definition) is 2. The summed E-state index contributed by atoms with van der Waals surface area (Å²) in [6.07, 6.45) is 2.55. The average molecular weight is 171 g/mol. The van der Waals surface area contributed by atoms with Gasteiger partial charge in [0.25, 0.3) is 0 Å². The van der Waals surface area contributed by atoms with E-state index >= 15 is 0 Å². The minimum atomic E-state index is 0.254. The second-order valence-corrected chi connectivity index (χ2v) is 4.83. The maximum atomic E-state index is 8.68. The third-order valence-electron chi connectivity index (χ3n) is 2.85. The van der Waals surface area contributed by atoms with Crippen molar-refractivity contribution in [2.75, 3.05) is 13.2 Å². The molecule has 0 aromatic heterocycles. The van der Waals surface area contributed by atoms with Gasteiger partial charge < -0.3 is 10.4 Å². The van der Waals surface area contributed by atoms with Gasteiger partial charge in [-0.15, -0.1) is 0 Å². The number of rotatable bonds is 3. The van der Waals surface area contributed by atoms with Crippen LogP contribution in [0.4, 0.5) is 0 Å². The fourth-order valence-electron chi connectivity index (χ4n) is 2.42. The summed E-state index contributed by atoms with van der Waals surface area (Å²) in [5, 5.41) is 12.1. The lowest BCUT2D eigenvalue weighted by Gasteiger charge is -2.17. The molecule has 1 fully saturated rings. The normalized spacial score (nSPS) is 34.0. The minimum Gasteiger partial charge on any atom is -0.395 e. The molecule has 72 valence electrons. The molecule has 0 radical (unpaired) electrons. The summed E-state index contributed by atoms with van der Waals surface area (Å²) in [5.74, 6) is 0.756. The van der Waals surface area contributed by atoms with Gasteiger partial charge in [-0.05, 0) is 24.2 Å². The highest BCUT2D eigenvalue weighted by atomic mass is 16.3. The summed E-state index contributed by atoms with van der Waals surface area (Å²) in [7, 11) is 0. The maximum Gasteiger partial charge on any atom is 0.0556 e. The van der Waals surface area contributed by atoms with E-state index in [1.54, 1.807) is 0 Å². The Morgan fingerprint density at radius 1 is 1.42 bits per heavy atom. The van der Waals surface area contributed by atoms with Crippen LogP contribution in [0.15, 0.2) is 0 Å². The summed E-state index contributed by atoms with van der Waals surface area (Å²) in [5.41, 5.74) is 0.493. The molecule has 0 saturated heterocycles. The molecule has 1 rings (SSSR count). The molecule has 2 atom stereocenters. The molecule has 0 heterocycles. The molecular formula is C10H21NO. The van der Waals surface area contributed by atoms with Crippen molar-refractivity contribution in [1.29, 1.82) is 0 Å². The predicted octanol–water partition coefficient (Wildman–Crippen LogP) is 1.39. The molecule has 0 aromatic carbocycles. The summed E-state index contributed by atoms with van der Waals surface area (Å²) in [4.78, 5) is 0. The van der Waals surface area contributed by atoms with Gasteiger partial charge in [-0.1, -0.05) is 20.8 Å². The van der Waals surface area contributed by atoms with Gasteiger partial charge in [-0.2, -0.15) is 0 Å². The Hall–Kier alpha value is -0.0800. The summed E-state index contributed by atoms with van der Waals surface area (Å²) in [6.45, 7) is 7.94. The highest BCUT2D eigenvalue weighted by Crippen LogP contribution is 2.40. The lowest BCUT2D eigenvalue weighted by molar-refractivity contribution is 0.275. The second-order valence-electron chi connectivity index (χ2n) is 4.83. The fraction of sp³-hybridized carbons (Fsp3) is 1.00. The zero-order valence-corrected chi connectivity index (χ0v) is 8.43. The Balaban J connectivity index is 2.36. The van der Waals surface area contributed by atoms with E-state index in [4.69, 9.17) is 5.11 Å². The van der Waals surface area contributed by atoms with E-state index < -0.39 is 0 Å². The number of hydrogen-bond donors (Lipinski definition) is 2. The lowest BCUT2D eigenvalue weighted by atomic mass is 9.91. The number of aliphatic hydroxyl groups is 1. The molecule has 0 aliphatic heterocycles. The monoisotopic (exact) mass is 171 g/mol. The van der Waals surface area contributed by atoms with Crippen molar-refractivity contribution in [2.45, 2.75) is 39.7 Å². The molecule has 0 aromatic rings. The second kappa shape index (κ2) is 3.75. The van der Waals surface area contributed by atoms with Gasteiger partial charge in [-0.3, -0.25) is 0 Å². The molecule has 0 amide bonds. The van der Waals surface area contributed by atoms with Gasteiger partial charge in [-0.25, -0.2) is 0 Å². The van der Waals surface area contributed by atoms with E-state index in [1.807, 2.05) is 0 Å². The topological polar surface area (TPSA) is 32.3 Å². The third-order valence-corrected chi connectivity index (χ3v) is 2.85. The van der Waals surface area contributed by atoms with Gasteiger partial charge in [0.2, 0.25) is 0 Å². The van der Waals surface area contributed by atoms with Crippen LogP contribution in [0.5, 0.6) is 0 Å².